The molecule has 88 valence electrons. The zero-order valence-electron chi connectivity index (χ0n) is 8.36. The molecule has 1 N–H and O–H groups in total. The standard InChI is InChI=1S/C10H9BrI3NO/c1-2-6(11)10(16)15-9-7(13)3-5(12)4-8(9)14/h3-4,6H,2H2,1H3,(H,15,16). The number of hydrogen-bond donors (Lipinski definition) is 1. The summed E-state index contributed by atoms with van der Waals surface area (Å²) < 4.78 is 3.31. The van der Waals surface area contributed by atoms with E-state index < -0.39 is 0 Å². The van der Waals surface area contributed by atoms with E-state index in [2.05, 4.69) is 89.0 Å². The van der Waals surface area contributed by atoms with Crippen molar-refractivity contribution in [3.8, 4) is 0 Å². The Morgan fingerprint density at radius 2 is 1.88 bits per heavy atom. The van der Waals surface area contributed by atoms with Gasteiger partial charge in [-0.25, -0.2) is 0 Å². The first-order chi connectivity index (χ1) is 7.45. The molecule has 0 spiro atoms. The van der Waals surface area contributed by atoms with Gasteiger partial charge in [-0.15, -0.1) is 0 Å². The monoisotopic (exact) mass is 619 g/mol. The molecule has 1 rings (SSSR count). The summed E-state index contributed by atoms with van der Waals surface area (Å²) in [6.07, 6.45) is 0.781. The SMILES string of the molecule is CCC(Br)C(=O)Nc1c(I)cc(I)cc1I. The maximum Gasteiger partial charge on any atom is 0.238 e. The lowest BCUT2D eigenvalue weighted by molar-refractivity contribution is -0.115. The predicted molar refractivity (Wildman–Crippen MR) is 96.2 cm³/mol. The molecule has 1 amide bonds. The van der Waals surface area contributed by atoms with Crippen molar-refractivity contribution < 1.29 is 4.79 Å². The van der Waals surface area contributed by atoms with Crippen molar-refractivity contribution in [3.05, 3.63) is 22.8 Å². The van der Waals surface area contributed by atoms with Crippen molar-refractivity contribution in [2.24, 2.45) is 0 Å². The summed E-state index contributed by atoms with van der Waals surface area (Å²) >= 11 is 10.1. The van der Waals surface area contributed by atoms with Crippen LogP contribution in [-0.2, 0) is 4.79 Å². The molecule has 1 unspecified atom stereocenters. The summed E-state index contributed by atoms with van der Waals surface area (Å²) in [7, 11) is 0. The lowest BCUT2D eigenvalue weighted by Gasteiger charge is -2.12. The second-order valence-electron chi connectivity index (χ2n) is 3.11. The van der Waals surface area contributed by atoms with E-state index in [9.17, 15) is 4.79 Å². The summed E-state index contributed by atoms with van der Waals surface area (Å²) in [5.41, 5.74) is 0.907. The number of alkyl halides is 1. The first-order valence-corrected chi connectivity index (χ1v) is 8.70. The van der Waals surface area contributed by atoms with Crippen LogP contribution in [0.1, 0.15) is 13.3 Å². The number of anilines is 1. The van der Waals surface area contributed by atoms with Gasteiger partial charge in [0.15, 0.2) is 0 Å². The highest BCUT2D eigenvalue weighted by Crippen LogP contribution is 2.27. The smallest absolute Gasteiger partial charge is 0.238 e. The predicted octanol–water partition coefficient (Wildman–Crippen LogP) is 4.61. The first kappa shape index (κ1) is 15.4. The van der Waals surface area contributed by atoms with E-state index in [-0.39, 0.29) is 10.7 Å². The Hall–Kier alpha value is 1.36. The third-order valence-electron chi connectivity index (χ3n) is 1.90. The highest BCUT2D eigenvalue weighted by molar-refractivity contribution is 14.1. The van der Waals surface area contributed by atoms with Gasteiger partial charge >= 0.3 is 0 Å². The second kappa shape index (κ2) is 7.07. The third kappa shape index (κ3) is 4.23. The molecular formula is C10H9BrI3NO. The summed E-state index contributed by atoms with van der Waals surface area (Å²) in [5, 5.41) is 2.95. The van der Waals surface area contributed by atoms with Gasteiger partial charge in [0, 0.05) is 10.7 Å². The molecule has 0 radical (unpaired) electrons. The minimum Gasteiger partial charge on any atom is -0.323 e. The number of hydrogen-bond acceptors (Lipinski definition) is 1. The van der Waals surface area contributed by atoms with Crippen LogP contribution in [-0.4, -0.2) is 10.7 Å². The molecule has 0 aliphatic rings. The van der Waals surface area contributed by atoms with E-state index in [4.69, 9.17) is 0 Å². The van der Waals surface area contributed by atoms with Crippen LogP contribution in [0.15, 0.2) is 12.1 Å². The normalized spacial score (nSPS) is 12.3. The van der Waals surface area contributed by atoms with Crippen LogP contribution < -0.4 is 5.32 Å². The Morgan fingerprint density at radius 3 is 2.31 bits per heavy atom. The van der Waals surface area contributed by atoms with Crippen molar-refractivity contribution >= 4 is 95.3 Å². The number of rotatable bonds is 3. The first-order valence-electron chi connectivity index (χ1n) is 4.55. The van der Waals surface area contributed by atoms with Gasteiger partial charge in [0.05, 0.1) is 10.5 Å². The Kier molecular flexibility index (Phi) is 6.82. The number of carbonyl (C=O) groups is 1. The molecule has 16 heavy (non-hydrogen) atoms. The van der Waals surface area contributed by atoms with Gasteiger partial charge in [-0.2, -0.15) is 0 Å². The maximum atomic E-state index is 11.8. The molecule has 0 aromatic heterocycles. The number of carbonyl (C=O) groups excluding carboxylic acids is 1. The fraction of sp³-hybridized carbons (Fsp3) is 0.300. The molecule has 0 fully saturated rings. The van der Waals surface area contributed by atoms with Crippen molar-refractivity contribution in [2.45, 2.75) is 18.2 Å². The third-order valence-corrected chi connectivity index (χ3v) is 5.29. The van der Waals surface area contributed by atoms with Crippen LogP contribution in [0.2, 0.25) is 0 Å². The Morgan fingerprint density at radius 1 is 1.38 bits per heavy atom. The minimum atomic E-state index is -0.127. The molecule has 1 aromatic carbocycles. The fourth-order valence-corrected chi connectivity index (χ4v) is 5.02. The number of benzene rings is 1. The van der Waals surface area contributed by atoms with Crippen molar-refractivity contribution in [1.82, 2.24) is 0 Å². The lowest BCUT2D eigenvalue weighted by atomic mass is 10.3. The Labute approximate surface area is 144 Å². The molecule has 0 heterocycles. The molecular weight excluding hydrogens is 611 g/mol. The van der Waals surface area contributed by atoms with Crippen LogP contribution in [0.4, 0.5) is 5.69 Å². The van der Waals surface area contributed by atoms with E-state index in [0.29, 0.717) is 0 Å². The summed E-state index contributed by atoms with van der Waals surface area (Å²) in [4.78, 5) is 11.6. The highest BCUT2D eigenvalue weighted by atomic mass is 127. The molecule has 0 bridgehead atoms. The van der Waals surface area contributed by atoms with Crippen LogP contribution in [0, 0.1) is 10.7 Å². The number of amides is 1. The van der Waals surface area contributed by atoms with Crippen LogP contribution in [0.3, 0.4) is 0 Å². The van der Waals surface area contributed by atoms with Crippen molar-refractivity contribution in [1.29, 1.82) is 0 Å². The van der Waals surface area contributed by atoms with E-state index in [1.807, 2.05) is 19.1 Å². The minimum absolute atomic E-state index is 0.0135. The zero-order chi connectivity index (χ0) is 12.3. The van der Waals surface area contributed by atoms with E-state index in [1.54, 1.807) is 0 Å². The van der Waals surface area contributed by atoms with E-state index in [0.717, 1.165) is 19.2 Å². The maximum absolute atomic E-state index is 11.8. The van der Waals surface area contributed by atoms with Gasteiger partial charge in [0.2, 0.25) is 5.91 Å². The second-order valence-corrected chi connectivity index (χ2v) is 7.78. The van der Waals surface area contributed by atoms with Gasteiger partial charge in [0.25, 0.3) is 0 Å². The molecule has 1 aromatic rings. The molecule has 1 atom stereocenters. The quantitative estimate of drug-likeness (QED) is 0.389. The van der Waals surface area contributed by atoms with Crippen LogP contribution in [0.25, 0.3) is 0 Å². The van der Waals surface area contributed by atoms with E-state index in [1.165, 1.54) is 3.57 Å². The Balaban J connectivity index is 2.93. The molecule has 0 aliphatic heterocycles. The number of nitrogens with one attached hydrogen (secondary N) is 1. The zero-order valence-corrected chi connectivity index (χ0v) is 16.4. The van der Waals surface area contributed by atoms with Crippen LogP contribution >= 0.6 is 83.7 Å². The average Bonchev–Trinajstić information content (AvgIpc) is 2.21. The largest absolute Gasteiger partial charge is 0.323 e. The summed E-state index contributed by atoms with van der Waals surface area (Å²) in [6.45, 7) is 1.98. The van der Waals surface area contributed by atoms with Gasteiger partial charge in [-0.05, 0) is 86.3 Å². The summed E-state index contributed by atoms with van der Waals surface area (Å²) in [5.74, 6) is 0.0135. The highest BCUT2D eigenvalue weighted by Gasteiger charge is 2.15. The van der Waals surface area contributed by atoms with Gasteiger partial charge in [-0.3, -0.25) is 4.79 Å². The van der Waals surface area contributed by atoms with Gasteiger partial charge in [-0.1, -0.05) is 22.9 Å². The molecule has 6 heteroatoms. The van der Waals surface area contributed by atoms with Gasteiger partial charge < -0.3 is 5.32 Å². The van der Waals surface area contributed by atoms with Crippen molar-refractivity contribution in [3.63, 3.8) is 0 Å². The Bertz CT molecular complexity index is 388. The number of halogens is 4. The topological polar surface area (TPSA) is 29.1 Å². The van der Waals surface area contributed by atoms with Gasteiger partial charge in [0.1, 0.15) is 0 Å². The average molecular weight is 620 g/mol. The van der Waals surface area contributed by atoms with Crippen molar-refractivity contribution in [2.75, 3.05) is 5.32 Å². The molecule has 0 saturated carbocycles. The summed E-state index contributed by atoms with van der Waals surface area (Å²) in [6, 6.07) is 4.10. The molecule has 0 saturated heterocycles. The molecule has 0 aliphatic carbocycles. The molecule has 2 nitrogen and oxygen atoms in total. The van der Waals surface area contributed by atoms with Crippen LogP contribution in [0.5, 0.6) is 0 Å². The lowest BCUT2D eigenvalue weighted by Crippen LogP contribution is -2.23. The van der Waals surface area contributed by atoms with E-state index >= 15 is 0 Å². The fourth-order valence-electron chi connectivity index (χ4n) is 1.05.